The second-order valence-corrected chi connectivity index (χ2v) is 15.0. The van der Waals surface area contributed by atoms with E-state index >= 15 is 0 Å². The summed E-state index contributed by atoms with van der Waals surface area (Å²) < 4.78 is 34.6. The van der Waals surface area contributed by atoms with Crippen molar-refractivity contribution in [3.8, 4) is 67.5 Å². The van der Waals surface area contributed by atoms with Crippen LogP contribution in [0.25, 0.3) is 72.7 Å². The van der Waals surface area contributed by atoms with Gasteiger partial charge in [-0.1, -0.05) is 142 Å². The first kappa shape index (κ1) is 32.8. The summed E-state index contributed by atoms with van der Waals surface area (Å²) in [7, 11) is 0. The van der Waals surface area contributed by atoms with Gasteiger partial charge in [0, 0.05) is 44.1 Å². The van der Waals surface area contributed by atoms with Crippen molar-refractivity contribution in [2.45, 2.75) is 52.8 Å². The fraction of sp³-hybridized carbons (Fsp3) is 0.160. The fourth-order valence-corrected chi connectivity index (χ4v) is 7.08. The standard InChI is InChI=1S/C50H44N3O.Pt/c1-32(2)44-31-40(23-24-41(44)35-13-8-7-9-14-35)53-46-17-12-16-42(48(46)52-49(53)43-15-10-11-18-47(43)54)37-27-38(29-39(28-37)50(4,5)6)45-30-36(25-26-51-45)34-21-19-33(3)20-22-34;/h7-26,28-32,54H,1-6H3;/q-1;/i3D3,32D;. The van der Waals surface area contributed by atoms with Crippen LogP contribution in [-0.2, 0) is 26.5 Å². The average Bonchev–Trinajstić information content (AvgIpc) is 3.60. The number of hydrogen-bond acceptors (Lipinski definition) is 3. The molecule has 1 N–H and O–H groups in total. The van der Waals surface area contributed by atoms with Gasteiger partial charge in [0.15, 0.2) is 0 Å². The number of hydrogen-bond donors (Lipinski definition) is 1. The van der Waals surface area contributed by atoms with Gasteiger partial charge in [-0.25, -0.2) is 4.98 Å². The molecular weight excluding hydrogens is 854 g/mol. The van der Waals surface area contributed by atoms with Gasteiger partial charge in [-0.05, 0) is 82.4 Å². The molecule has 8 aromatic rings. The monoisotopic (exact) mass is 901 g/mol. The summed E-state index contributed by atoms with van der Waals surface area (Å²) >= 11 is 0. The first-order valence-corrected chi connectivity index (χ1v) is 18.2. The molecule has 0 unspecified atom stereocenters. The Morgan fingerprint density at radius 2 is 1.44 bits per heavy atom. The largest absolute Gasteiger partial charge is 0.507 e. The predicted molar refractivity (Wildman–Crippen MR) is 224 cm³/mol. The number of phenolic OH excluding ortho intramolecular Hbond substituents is 1. The Bertz CT molecular complexity index is 2800. The van der Waals surface area contributed by atoms with Crippen LogP contribution < -0.4 is 0 Å². The van der Waals surface area contributed by atoms with Gasteiger partial charge in [0.25, 0.3) is 0 Å². The van der Waals surface area contributed by atoms with Gasteiger partial charge in [0.05, 0.1) is 16.6 Å². The van der Waals surface area contributed by atoms with Gasteiger partial charge in [0.1, 0.15) is 11.6 Å². The Kier molecular flexibility index (Phi) is 9.12. The van der Waals surface area contributed by atoms with E-state index in [2.05, 4.69) is 79.9 Å². The molecule has 0 saturated carbocycles. The molecule has 0 amide bonds. The third-order valence-corrected chi connectivity index (χ3v) is 9.99. The van der Waals surface area contributed by atoms with Gasteiger partial charge >= 0.3 is 0 Å². The quantitative estimate of drug-likeness (QED) is 0.162. The molecule has 0 radical (unpaired) electrons. The number of para-hydroxylation sites is 2. The molecule has 0 aliphatic carbocycles. The van der Waals surface area contributed by atoms with E-state index in [1.165, 1.54) is 0 Å². The van der Waals surface area contributed by atoms with Crippen LogP contribution in [0.15, 0.2) is 146 Å². The summed E-state index contributed by atoms with van der Waals surface area (Å²) in [6.45, 7) is 8.19. The van der Waals surface area contributed by atoms with Gasteiger partial charge in [-0.15, -0.1) is 29.3 Å². The van der Waals surface area contributed by atoms with Crippen molar-refractivity contribution in [1.29, 1.82) is 0 Å². The Morgan fingerprint density at radius 3 is 2.16 bits per heavy atom. The number of fused-ring (bicyclic) bond motifs is 1. The second-order valence-electron chi connectivity index (χ2n) is 15.0. The molecule has 276 valence electrons. The molecule has 4 nitrogen and oxygen atoms in total. The number of imidazole rings is 1. The number of aromatic nitrogens is 3. The number of phenols is 1. The van der Waals surface area contributed by atoms with Crippen LogP contribution in [0, 0.1) is 12.9 Å². The zero-order chi connectivity index (χ0) is 41.0. The van der Waals surface area contributed by atoms with E-state index < -0.39 is 12.7 Å². The Morgan fingerprint density at radius 1 is 0.709 bits per heavy atom. The molecule has 0 bridgehead atoms. The van der Waals surface area contributed by atoms with Crippen LogP contribution in [0.5, 0.6) is 5.75 Å². The summed E-state index contributed by atoms with van der Waals surface area (Å²) in [5.74, 6) is -0.221. The van der Waals surface area contributed by atoms with Crippen molar-refractivity contribution in [2.24, 2.45) is 0 Å². The molecule has 5 heteroatoms. The maximum Gasteiger partial charge on any atom is 0.148 e. The van der Waals surface area contributed by atoms with Gasteiger partial charge in [-0.2, -0.15) is 0 Å². The summed E-state index contributed by atoms with van der Waals surface area (Å²) in [4.78, 5) is 10.1. The van der Waals surface area contributed by atoms with Crippen LogP contribution in [0.1, 0.15) is 62.7 Å². The summed E-state index contributed by atoms with van der Waals surface area (Å²) in [5, 5.41) is 11.2. The fourth-order valence-electron chi connectivity index (χ4n) is 7.08. The van der Waals surface area contributed by atoms with E-state index in [0.717, 1.165) is 72.5 Å². The van der Waals surface area contributed by atoms with E-state index in [9.17, 15) is 6.48 Å². The van der Waals surface area contributed by atoms with E-state index in [1.54, 1.807) is 30.5 Å². The molecule has 0 fully saturated rings. The molecule has 0 saturated heterocycles. The van der Waals surface area contributed by atoms with E-state index in [1.807, 2.05) is 80.6 Å². The van der Waals surface area contributed by atoms with E-state index in [4.69, 9.17) is 14.1 Å². The molecular formula is C50H44N3OPt-. The Balaban J connectivity index is 0.00000528. The number of aryl methyl sites for hydroxylation is 1. The average molecular weight is 902 g/mol. The van der Waals surface area contributed by atoms with Crippen molar-refractivity contribution in [3.63, 3.8) is 0 Å². The van der Waals surface area contributed by atoms with Gasteiger partial charge in [-0.3, -0.25) is 9.55 Å². The first-order chi connectivity index (χ1) is 27.6. The van der Waals surface area contributed by atoms with Crippen LogP contribution in [0.2, 0.25) is 0 Å². The number of benzene rings is 6. The minimum Gasteiger partial charge on any atom is -0.507 e. The summed E-state index contributed by atoms with van der Waals surface area (Å²) in [6.07, 6.45) is 1.77. The first-order valence-electron chi connectivity index (χ1n) is 20.2. The van der Waals surface area contributed by atoms with Crippen LogP contribution >= 0.6 is 0 Å². The smallest absolute Gasteiger partial charge is 0.148 e. The maximum atomic E-state index is 11.2. The molecule has 0 atom stereocenters. The van der Waals surface area contributed by atoms with E-state index in [0.29, 0.717) is 17.0 Å². The number of nitrogens with zero attached hydrogens (tertiary/aromatic N) is 3. The van der Waals surface area contributed by atoms with Crippen LogP contribution in [-0.4, -0.2) is 19.6 Å². The second kappa shape index (κ2) is 15.3. The summed E-state index contributed by atoms with van der Waals surface area (Å²) in [5.41, 5.74) is 12.2. The Hall–Kier alpha value is -5.57. The molecule has 0 aliphatic heterocycles. The van der Waals surface area contributed by atoms with Gasteiger partial charge in [0.2, 0.25) is 0 Å². The third-order valence-electron chi connectivity index (χ3n) is 9.99. The van der Waals surface area contributed by atoms with Crippen LogP contribution in [0.3, 0.4) is 0 Å². The number of rotatable bonds is 7. The summed E-state index contributed by atoms with van der Waals surface area (Å²) in [6, 6.07) is 48.7. The zero-order valence-electron chi connectivity index (χ0n) is 35.5. The molecule has 2 aromatic heterocycles. The topological polar surface area (TPSA) is 50.9 Å². The Labute approximate surface area is 344 Å². The molecule has 2 heterocycles. The normalized spacial score (nSPS) is 13.0. The van der Waals surface area contributed by atoms with Crippen molar-refractivity contribution in [1.82, 2.24) is 14.5 Å². The minimum absolute atomic E-state index is 0. The zero-order valence-corrected chi connectivity index (χ0v) is 33.7. The van der Waals surface area contributed by atoms with Crippen LogP contribution in [0.4, 0.5) is 0 Å². The third kappa shape index (κ3) is 7.44. The minimum atomic E-state index is -2.17. The van der Waals surface area contributed by atoms with Crippen molar-refractivity contribution < 1.29 is 31.7 Å². The molecule has 0 aliphatic rings. The predicted octanol–water partition coefficient (Wildman–Crippen LogP) is 13.0. The number of aromatic hydroxyl groups is 1. The van der Waals surface area contributed by atoms with E-state index in [-0.39, 0.29) is 32.2 Å². The number of pyridine rings is 1. The van der Waals surface area contributed by atoms with Crippen molar-refractivity contribution in [3.05, 3.63) is 168 Å². The molecule has 8 rings (SSSR count). The maximum absolute atomic E-state index is 11.2. The molecule has 0 spiro atoms. The molecule has 6 aromatic carbocycles. The van der Waals surface area contributed by atoms with Crippen molar-refractivity contribution in [2.75, 3.05) is 0 Å². The van der Waals surface area contributed by atoms with Gasteiger partial charge < -0.3 is 5.11 Å². The SMILES string of the molecule is [2H]C([2H])([2H])c1ccc(-c2ccnc(-c3[c-]c(-c4cccc5c4nc(-c4ccccc4O)n5-c4ccc(-c5ccccc5)c(C([2H])(C)C)c4)cc(C(C)(C)C)c3)c2)cc1.[Pt]. The molecule has 55 heavy (non-hydrogen) atoms. The van der Waals surface area contributed by atoms with Crippen molar-refractivity contribution >= 4 is 11.0 Å².